The molecular formula is C23H29ClN2O2S. The van der Waals surface area contributed by atoms with E-state index in [0.29, 0.717) is 17.3 Å². The molecule has 2 rings (SSSR count). The summed E-state index contributed by atoms with van der Waals surface area (Å²) in [4.78, 5) is 27.2. The van der Waals surface area contributed by atoms with Crippen LogP contribution in [-0.2, 0) is 21.9 Å². The van der Waals surface area contributed by atoms with E-state index in [2.05, 4.69) is 30.4 Å². The third-order valence-corrected chi connectivity index (χ3v) is 5.64. The van der Waals surface area contributed by atoms with Crippen LogP contribution in [0.2, 0.25) is 5.02 Å². The highest BCUT2D eigenvalue weighted by molar-refractivity contribution is 7.99. The van der Waals surface area contributed by atoms with Gasteiger partial charge in [0.05, 0.1) is 5.75 Å². The molecule has 0 heterocycles. The topological polar surface area (TPSA) is 49.4 Å². The first kappa shape index (κ1) is 23.3. The van der Waals surface area contributed by atoms with Crippen LogP contribution in [0.5, 0.6) is 0 Å². The highest BCUT2D eigenvalue weighted by atomic mass is 35.5. The molecule has 1 atom stereocenters. The third-order valence-electron chi connectivity index (χ3n) is 4.42. The van der Waals surface area contributed by atoms with Gasteiger partial charge in [-0.3, -0.25) is 9.59 Å². The van der Waals surface area contributed by atoms with Gasteiger partial charge in [0, 0.05) is 23.4 Å². The van der Waals surface area contributed by atoms with Gasteiger partial charge in [-0.05, 0) is 51.0 Å². The third kappa shape index (κ3) is 7.75. The van der Waals surface area contributed by atoms with Gasteiger partial charge in [0.2, 0.25) is 11.8 Å². The number of amides is 2. The summed E-state index contributed by atoms with van der Waals surface area (Å²) >= 11 is 7.66. The molecule has 0 aliphatic heterocycles. The number of nitrogens with zero attached hydrogens (tertiary/aromatic N) is 1. The SMILES string of the molecule is Cc1cccc(CSCC(=O)N(Cc2cccc(Cl)c2)[C@@H](C)C(=O)NC(C)C)c1. The average molecular weight is 433 g/mol. The van der Waals surface area contributed by atoms with Gasteiger partial charge in [0.15, 0.2) is 0 Å². The van der Waals surface area contributed by atoms with Crippen molar-refractivity contribution in [2.75, 3.05) is 5.75 Å². The van der Waals surface area contributed by atoms with Crippen LogP contribution < -0.4 is 5.32 Å². The smallest absolute Gasteiger partial charge is 0.242 e. The largest absolute Gasteiger partial charge is 0.352 e. The molecule has 0 aliphatic rings. The second-order valence-electron chi connectivity index (χ2n) is 7.47. The molecule has 0 unspecified atom stereocenters. The first-order valence-corrected chi connectivity index (χ1v) is 11.3. The van der Waals surface area contributed by atoms with Crippen LogP contribution in [0.1, 0.15) is 37.5 Å². The minimum atomic E-state index is -0.566. The Morgan fingerprint density at radius 1 is 1.07 bits per heavy atom. The fourth-order valence-corrected chi connectivity index (χ4v) is 4.03. The molecule has 0 radical (unpaired) electrons. The van der Waals surface area contributed by atoms with Gasteiger partial charge in [-0.2, -0.15) is 0 Å². The molecule has 0 fully saturated rings. The first-order chi connectivity index (χ1) is 13.8. The van der Waals surface area contributed by atoms with E-state index in [0.717, 1.165) is 11.3 Å². The lowest BCUT2D eigenvalue weighted by molar-refractivity contribution is -0.138. The fourth-order valence-electron chi connectivity index (χ4n) is 2.96. The molecule has 2 aromatic rings. The van der Waals surface area contributed by atoms with Crippen molar-refractivity contribution < 1.29 is 9.59 Å². The lowest BCUT2D eigenvalue weighted by Gasteiger charge is -2.29. The Morgan fingerprint density at radius 2 is 1.76 bits per heavy atom. The lowest BCUT2D eigenvalue weighted by Crippen LogP contribution is -2.49. The van der Waals surface area contributed by atoms with Crippen LogP contribution in [0.25, 0.3) is 0 Å². The fraction of sp³-hybridized carbons (Fsp3) is 0.391. The molecule has 1 N–H and O–H groups in total. The van der Waals surface area contributed by atoms with Crippen molar-refractivity contribution in [2.45, 2.75) is 52.1 Å². The standard InChI is InChI=1S/C23H29ClN2O2S/c1-16(2)25-23(28)18(4)26(13-19-8-6-10-21(24)12-19)22(27)15-29-14-20-9-5-7-17(3)11-20/h5-12,16,18H,13-15H2,1-4H3,(H,25,28)/t18-/m0/s1. The molecular weight excluding hydrogens is 404 g/mol. The van der Waals surface area contributed by atoms with E-state index in [4.69, 9.17) is 11.6 Å². The van der Waals surface area contributed by atoms with E-state index >= 15 is 0 Å². The van der Waals surface area contributed by atoms with Gasteiger partial charge in [-0.25, -0.2) is 0 Å². The molecule has 4 nitrogen and oxygen atoms in total. The van der Waals surface area contributed by atoms with E-state index in [1.807, 2.05) is 38.1 Å². The Morgan fingerprint density at radius 3 is 2.41 bits per heavy atom. The van der Waals surface area contributed by atoms with Crippen molar-refractivity contribution in [3.05, 3.63) is 70.2 Å². The minimum Gasteiger partial charge on any atom is -0.352 e. The summed E-state index contributed by atoms with van der Waals surface area (Å²) in [5.41, 5.74) is 3.30. The number of halogens is 1. The predicted molar refractivity (Wildman–Crippen MR) is 122 cm³/mol. The number of nitrogens with one attached hydrogen (secondary N) is 1. The summed E-state index contributed by atoms with van der Waals surface area (Å²) in [6.45, 7) is 7.99. The molecule has 0 aliphatic carbocycles. The molecule has 0 saturated carbocycles. The van der Waals surface area contributed by atoms with E-state index < -0.39 is 6.04 Å². The summed E-state index contributed by atoms with van der Waals surface area (Å²) < 4.78 is 0. The van der Waals surface area contributed by atoms with Crippen molar-refractivity contribution in [1.82, 2.24) is 10.2 Å². The van der Waals surface area contributed by atoms with Crippen molar-refractivity contribution in [3.63, 3.8) is 0 Å². The summed E-state index contributed by atoms with van der Waals surface area (Å²) in [6.07, 6.45) is 0. The Labute approximate surface area is 183 Å². The lowest BCUT2D eigenvalue weighted by atomic mass is 10.1. The zero-order valence-electron chi connectivity index (χ0n) is 17.4. The molecule has 2 amide bonds. The van der Waals surface area contributed by atoms with Gasteiger partial charge in [-0.15, -0.1) is 11.8 Å². The second-order valence-corrected chi connectivity index (χ2v) is 8.89. The molecule has 0 spiro atoms. The van der Waals surface area contributed by atoms with Gasteiger partial charge in [0.25, 0.3) is 0 Å². The van der Waals surface area contributed by atoms with Crippen molar-refractivity contribution >= 4 is 35.2 Å². The van der Waals surface area contributed by atoms with E-state index in [-0.39, 0.29) is 17.9 Å². The number of carbonyl (C=O) groups excluding carboxylic acids is 2. The van der Waals surface area contributed by atoms with Crippen LogP contribution in [0.15, 0.2) is 48.5 Å². The number of hydrogen-bond donors (Lipinski definition) is 1. The van der Waals surface area contributed by atoms with Crippen LogP contribution in [0.4, 0.5) is 0 Å². The number of hydrogen-bond acceptors (Lipinski definition) is 3. The number of carbonyl (C=O) groups is 2. The minimum absolute atomic E-state index is 0.0174. The predicted octanol–water partition coefficient (Wildman–Crippen LogP) is 4.82. The van der Waals surface area contributed by atoms with Gasteiger partial charge in [-0.1, -0.05) is 53.6 Å². The summed E-state index contributed by atoms with van der Waals surface area (Å²) in [7, 11) is 0. The Hall–Kier alpha value is -1.98. The monoisotopic (exact) mass is 432 g/mol. The number of aryl methyl sites for hydroxylation is 1. The highest BCUT2D eigenvalue weighted by Crippen LogP contribution is 2.18. The van der Waals surface area contributed by atoms with Crippen molar-refractivity contribution in [1.29, 1.82) is 0 Å². The second kappa shape index (κ2) is 11.3. The summed E-state index contributed by atoms with van der Waals surface area (Å²) in [5, 5.41) is 3.51. The van der Waals surface area contributed by atoms with E-state index in [1.54, 1.807) is 29.7 Å². The maximum Gasteiger partial charge on any atom is 0.242 e. The van der Waals surface area contributed by atoms with Crippen LogP contribution in [0.3, 0.4) is 0 Å². The molecule has 29 heavy (non-hydrogen) atoms. The Balaban J connectivity index is 2.07. The number of benzene rings is 2. The van der Waals surface area contributed by atoms with Crippen molar-refractivity contribution in [2.24, 2.45) is 0 Å². The van der Waals surface area contributed by atoms with E-state index in [1.165, 1.54) is 11.1 Å². The van der Waals surface area contributed by atoms with Crippen LogP contribution in [-0.4, -0.2) is 34.6 Å². The summed E-state index contributed by atoms with van der Waals surface area (Å²) in [5.74, 6) is 0.854. The Kier molecular flexibility index (Phi) is 9.05. The maximum absolute atomic E-state index is 13.0. The normalized spacial score (nSPS) is 11.9. The van der Waals surface area contributed by atoms with Gasteiger partial charge >= 0.3 is 0 Å². The molecule has 156 valence electrons. The quantitative estimate of drug-likeness (QED) is 0.617. The zero-order chi connectivity index (χ0) is 21.4. The molecule has 0 bridgehead atoms. The first-order valence-electron chi connectivity index (χ1n) is 9.74. The van der Waals surface area contributed by atoms with Crippen molar-refractivity contribution in [3.8, 4) is 0 Å². The Bertz CT molecular complexity index is 841. The average Bonchev–Trinajstić information content (AvgIpc) is 2.65. The van der Waals surface area contributed by atoms with Crippen LogP contribution in [0, 0.1) is 6.92 Å². The summed E-state index contributed by atoms with van der Waals surface area (Å²) in [6, 6.07) is 15.1. The van der Waals surface area contributed by atoms with Gasteiger partial charge < -0.3 is 10.2 Å². The number of rotatable bonds is 9. The van der Waals surface area contributed by atoms with Gasteiger partial charge in [0.1, 0.15) is 6.04 Å². The molecule has 6 heteroatoms. The van der Waals surface area contributed by atoms with E-state index in [9.17, 15) is 9.59 Å². The highest BCUT2D eigenvalue weighted by Gasteiger charge is 2.26. The molecule has 2 aromatic carbocycles. The molecule has 0 saturated heterocycles. The van der Waals surface area contributed by atoms with Crippen LogP contribution >= 0.6 is 23.4 Å². The number of thioether (sulfide) groups is 1. The molecule has 0 aromatic heterocycles. The maximum atomic E-state index is 13.0. The zero-order valence-corrected chi connectivity index (χ0v) is 19.0.